The molecule has 0 spiro atoms. The van der Waals surface area contributed by atoms with Crippen molar-refractivity contribution >= 4 is 23.0 Å². The van der Waals surface area contributed by atoms with Gasteiger partial charge in [0.2, 0.25) is 5.60 Å². The Kier molecular flexibility index (Phi) is 4.82. The minimum Gasteiger partial charge on any atom is -0.493 e. The predicted octanol–water partition coefficient (Wildman–Crippen LogP) is 2.47. The lowest BCUT2D eigenvalue weighted by atomic mass is 9.98. The summed E-state index contributed by atoms with van der Waals surface area (Å²) in [5.41, 5.74) is 7.47. The molecule has 2 aliphatic heterocycles. The molecule has 5 rings (SSSR count). The van der Waals surface area contributed by atoms with Crippen LogP contribution >= 0.6 is 0 Å². The average molecular weight is 451 g/mol. The number of hydrogen-bond donors (Lipinski definition) is 2. The molecule has 0 aliphatic carbocycles. The van der Waals surface area contributed by atoms with E-state index in [0.717, 1.165) is 5.56 Å². The molecule has 3 aromatic rings. The lowest BCUT2D eigenvalue weighted by Crippen LogP contribution is -2.35. The van der Waals surface area contributed by atoms with Crippen LogP contribution in [0.15, 0.2) is 47.3 Å². The largest absolute Gasteiger partial charge is 0.493 e. The molecule has 3 N–H and O–H groups in total. The fraction of sp³-hybridized carbons (Fsp3) is 0.261. The van der Waals surface area contributed by atoms with Crippen LogP contribution < -0.4 is 10.6 Å². The normalized spacial score (nSPS) is 20.1. The number of nitrogens with two attached hydrogens (primary N) is 1. The summed E-state index contributed by atoms with van der Waals surface area (Å²) in [4.78, 5) is 19.8. The van der Waals surface area contributed by atoms with Crippen LogP contribution in [-0.2, 0) is 21.7 Å². The van der Waals surface area contributed by atoms with Gasteiger partial charge in [0.25, 0.3) is 5.91 Å². The minimum absolute atomic E-state index is 0.0602. The number of aromatic nitrogens is 2. The zero-order valence-corrected chi connectivity index (χ0v) is 18.1. The Morgan fingerprint density at radius 3 is 2.85 bits per heavy atom. The number of ether oxygens (including phenoxy) is 1. The van der Waals surface area contributed by atoms with Gasteiger partial charge in [0.1, 0.15) is 17.2 Å². The fourth-order valence-corrected chi connectivity index (χ4v) is 4.19. The summed E-state index contributed by atoms with van der Waals surface area (Å²) in [5.74, 6) is -0.375. The number of carbonyl (C=O) groups excluding carboxylic acids is 1. The molecule has 33 heavy (non-hydrogen) atoms. The van der Waals surface area contributed by atoms with Gasteiger partial charge in [0, 0.05) is 55.3 Å². The van der Waals surface area contributed by atoms with E-state index in [4.69, 9.17) is 15.0 Å². The second kappa shape index (κ2) is 7.59. The number of pyridine rings is 1. The number of aliphatic hydroxyl groups is 1. The first-order valence-electron chi connectivity index (χ1n) is 10.3. The molecular weight excluding hydrogens is 429 g/mol. The summed E-state index contributed by atoms with van der Waals surface area (Å²) in [6, 6.07) is 7.70. The van der Waals surface area contributed by atoms with Gasteiger partial charge in [-0.15, -0.1) is 0 Å². The first-order valence-corrected chi connectivity index (χ1v) is 10.3. The molecule has 9 nitrogen and oxygen atoms in total. The number of hydrogen-bond acceptors (Lipinski definition) is 8. The van der Waals surface area contributed by atoms with Crippen LogP contribution in [-0.4, -0.2) is 46.8 Å². The second-order valence-electron chi connectivity index (χ2n) is 8.13. The molecule has 1 amide bonds. The number of likely N-dealkylation sites (tertiary alicyclic amines) is 1. The highest BCUT2D eigenvalue weighted by atomic mass is 19.1. The van der Waals surface area contributed by atoms with E-state index in [1.807, 2.05) is 0 Å². The number of fused-ring (bicyclic) bond motifs is 1. The van der Waals surface area contributed by atoms with Crippen LogP contribution in [0.2, 0.25) is 0 Å². The molecule has 170 valence electrons. The zero-order valence-electron chi connectivity index (χ0n) is 18.1. The number of halogens is 1. The highest BCUT2D eigenvalue weighted by molar-refractivity contribution is 5.88. The van der Waals surface area contributed by atoms with E-state index in [-0.39, 0.29) is 17.9 Å². The van der Waals surface area contributed by atoms with Crippen LogP contribution in [0.5, 0.6) is 0 Å². The first kappa shape index (κ1) is 21.0. The molecule has 0 bridgehead atoms. The number of methoxy groups -OCH3 is 1. The number of amides is 1. The van der Waals surface area contributed by atoms with Crippen molar-refractivity contribution < 1.29 is 23.6 Å². The number of likely N-dealkylation sites (N-methyl/N-ethyl adjacent to an activating group) is 1. The standard InChI is InChI=1S/C23H22FN5O4/c1-28-8-6-23(31,22(28)30)20-10-17(27-33-20)13-3-4-15(24)18(9-13)29-11-14-16(25)5-7-26-21(14)19(12-29)32-2/h3-5,7,9-10,12,31H,6,8,11H2,1-2H3,(H2,25,26)/t23-/m1/s1. The van der Waals surface area contributed by atoms with E-state index < -0.39 is 17.3 Å². The maximum absolute atomic E-state index is 14.9. The summed E-state index contributed by atoms with van der Waals surface area (Å²) in [5, 5.41) is 14.8. The molecule has 1 atom stereocenters. The summed E-state index contributed by atoms with van der Waals surface area (Å²) >= 11 is 0. The monoisotopic (exact) mass is 451 g/mol. The van der Waals surface area contributed by atoms with Crippen molar-refractivity contribution in [2.24, 2.45) is 0 Å². The molecule has 4 heterocycles. The van der Waals surface area contributed by atoms with E-state index >= 15 is 0 Å². The number of carbonyl (C=O) groups is 1. The lowest BCUT2D eigenvalue weighted by Gasteiger charge is -2.28. The van der Waals surface area contributed by atoms with E-state index in [2.05, 4.69) is 10.1 Å². The van der Waals surface area contributed by atoms with Gasteiger partial charge in [0.05, 0.1) is 19.3 Å². The Morgan fingerprint density at radius 2 is 2.12 bits per heavy atom. The molecule has 0 radical (unpaired) electrons. The maximum atomic E-state index is 14.9. The van der Waals surface area contributed by atoms with Gasteiger partial charge < -0.3 is 29.9 Å². The Balaban J connectivity index is 1.51. The zero-order chi connectivity index (χ0) is 23.3. The first-order chi connectivity index (χ1) is 15.8. The topological polar surface area (TPSA) is 118 Å². The third-order valence-electron chi connectivity index (χ3n) is 6.13. The number of benzene rings is 1. The average Bonchev–Trinajstić information content (AvgIpc) is 3.41. The molecule has 2 aliphatic rings. The van der Waals surface area contributed by atoms with E-state index in [0.29, 0.717) is 41.5 Å². The Hall–Kier alpha value is -3.92. The van der Waals surface area contributed by atoms with Gasteiger partial charge in [-0.3, -0.25) is 9.78 Å². The Labute approximate surface area is 188 Å². The molecule has 10 heteroatoms. The van der Waals surface area contributed by atoms with Gasteiger partial charge in [-0.2, -0.15) is 0 Å². The summed E-state index contributed by atoms with van der Waals surface area (Å²) in [6.45, 7) is 0.710. The molecule has 1 saturated heterocycles. The molecule has 0 unspecified atom stereocenters. The number of nitrogens with zero attached hydrogens (tertiary/aromatic N) is 4. The summed E-state index contributed by atoms with van der Waals surface area (Å²) in [7, 11) is 3.13. The second-order valence-corrected chi connectivity index (χ2v) is 8.13. The van der Waals surface area contributed by atoms with Gasteiger partial charge in [-0.05, 0) is 24.3 Å². The van der Waals surface area contributed by atoms with Crippen molar-refractivity contribution in [3.8, 4) is 11.3 Å². The molecule has 2 aromatic heterocycles. The smallest absolute Gasteiger partial charge is 0.262 e. The van der Waals surface area contributed by atoms with Gasteiger partial charge in [-0.1, -0.05) is 5.16 Å². The van der Waals surface area contributed by atoms with Gasteiger partial charge >= 0.3 is 0 Å². The van der Waals surface area contributed by atoms with Crippen LogP contribution in [0.25, 0.3) is 17.0 Å². The highest BCUT2D eigenvalue weighted by Crippen LogP contribution is 2.37. The van der Waals surface area contributed by atoms with Crippen molar-refractivity contribution in [3.05, 3.63) is 65.6 Å². The third-order valence-corrected chi connectivity index (χ3v) is 6.13. The lowest BCUT2D eigenvalue weighted by molar-refractivity contribution is -0.144. The quantitative estimate of drug-likeness (QED) is 0.621. The van der Waals surface area contributed by atoms with E-state index in [1.165, 1.54) is 24.1 Å². The highest BCUT2D eigenvalue weighted by Gasteiger charge is 2.48. The van der Waals surface area contributed by atoms with Crippen LogP contribution in [0.4, 0.5) is 15.8 Å². The van der Waals surface area contributed by atoms with Crippen molar-refractivity contribution in [2.75, 3.05) is 31.3 Å². The third kappa shape index (κ3) is 3.30. The van der Waals surface area contributed by atoms with Crippen molar-refractivity contribution in [3.63, 3.8) is 0 Å². The summed E-state index contributed by atoms with van der Waals surface area (Å²) < 4.78 is 25.7. The molecular formula is C23H22FN5O4. The van der Waals surface area contributed by atoms with Crippen LogP contribution in [0.3, 0.4) is 0 Å². The number of anilines is 2. The number of rotatable bonds is 4. The van der Waals surface area contributed by atoms with Gasteiger partial charge in [0.15, 0.2) is 11.5 Å². The van der Waals surface area contributed by atoms with Crippen LogP contribution in [0, 0.1) is 5.82 Å². The van der Waals surface area contributed by atoms with E-state index in [1.54, 1.807) is 42.5 Å². The van der Waals surface area contributed by atoms with Gasteiger partial charge in [-0.25, -0.2) is 4.39 Å². The van der Waals surface area contributed by atoms with Crippen LogP contribution in [0.1, 0.15) is 23.4 Å². The van der Waals surface area contributed by atoms with Crippen molar-refractivity contribution in [2.45, 2.75) is 18.6 Å². The predicted molar refractivity (Wildman–Crippen MR) is 118 cm³/mol. The van der Waals surface area contributed by atoms with E-state index in [9.17, 15) is 14.3 Å². The van der Waals surface area contributed by atoms with Crippen molar-refractivity contribution in [1.82, 2.24) is 15.0 Å². The summed E-state index contributed by atoms with van der Waals surface area (Å²) in [6.07, 6.45) is 3.47. The Morgan fingerprint density at radius 1 is 1.30 bits per heavy atom. The molecule has 1 aromatic carbocycles. The van der Waals surface area contributed by atoms with Crippen molar-refractivity contribution in [1.29, 1.82) is 0 Å². The molecule has 0 saturated carbocycles. The Bertz CT molecular complexity index is 1290. The minimum atomic E-state index is -1.75. The fourth-order valence-electron chi connectivity index (χ4n) is 4.19. The molecule has 1 fully saturated rings. The number of nitrogen functional groups attached to an aromatic ring is 1. The SMILES string of the molecule is COC1=CN(c2cc(-c3cc([C@]4(O)CCN(C)C4=O)on3)ccc2F)Cc2c(N)ccnc21. The maximum Gasteiger partial charge on any atom is 0.262 e.